The molecule has 2 heterocycles. The molecule has 1 unspecified atom stereocenters. The second-order valence-electron chi connectivity index (χ2n) is 10.3. The van der Waals surface area contributed by atoms with E-state index in [2.05, 4.69) is 10.0 Å². The van der Waals surface area contributed by atoms with Gasteiger partial charge in [0.2, 0.25) is 0 Å². The lowest BCUT2D eigenvalue weighted by Crippen LogP contribution is -2.46. The predicted molar refractivity (Wildman–Crippen MR) is 156 cm³/mol. The van der Waals surface area contributed by atoms with Crippen molar-refractivity contribution >= 4 is 17.5 Å². The number of halogens is 2. The number of methoxy groups -OCH3 is 2. The fourth-order valence-corrected chi connectivity index (χ4v) is 5.32. The molecule has 11 heteroatoms. The summed E-state index contributed by atoms with van der Waals surface area (Å²) in [4.78, 5) is 31.1. The molecule has 1 atom stereocenters. The van der Waals surface area contributed by atoms with Crippen molar-refractivity contribution in [2.75, 3.05) is 60.2 Å². The van der Waals surface area contributed by atoms with Crippen LogP contribution in [0.1, 0.15) is 33.9 Å². The molecule has 0 aromatic heterocycles. The van der Waals surface area contributed by atoms with Gasteiger partial charge < -0.3 is 19.1 Å². The van der Waals surface area contributed by atoms with Gasteiger partial charge in [0, 0.05) is 43.7 Å². The molecule has 0 aliphatic carbocycles. The molecule has 0 bridgehead atoms. The highest BCUT2D eigenvalue weighted by atomic mass is 19.1. The first-order valence-electron chi connectivity index (χ1n) is 14.1. The van der Waals surface area contributed by atoms with Gasteiger partial charge in [0.15, 0.2) is 0 Å². The SMILES string of the molecule is COc1ccc(OC)c(C2CC(c3ccccc3F)=NN2C(=O)CN(CCN2CCOCC2)C(=O)c2ccccc2F)c1. The fraction of sp³-hybridized carbons (Fsp3) is 0.344. The number of amides is 2. The van der Waals surface area contributed by atoms with Crippen LogP contribution in [0, 0.1) is 11.6 Å². The molecule has 2 amide bonds. The topological polar surface area (TPSA) is 83.9 Å². The number of carbonyl (C=O) groups excluding carboxylic acids is 2. The van der Waals surface area contributed by atoms with E-state index in [0.717, 1.165) is 0 Å². The second-order valence-corrected chi connectivity index (χ2v) is 10.3. The maximum Gasteiger partial charge on any atom is 0.262 e. The number of hydrogen-bond donors (Lipinski definition) is 0. The van der Waals surface area contributed by atoms with E-state index < -0.39 is 29.5 Å². The lowest BCUT2D eigenvalue weighted by atomic mass is 9.97. The van der Waals surface area contributed by atoms with Gasteiger partial charge in [-0.25, -0.2) is 13.8 Å². The number of benzene rings is 3. The van der Waals surface area contributed by atoms with Gasteiger partial charge in [-0.2, -0.15) is 5.10 Å². The number of hydrogen-bond acceptors (Lipinski definition) is 7. The summed E-state index contributed by atoms with van der Waals surface area (Å²) < 4.78 is 46.0. The Balaban J connectivity index is 1.48. The van der Waals surface area contributed by atoms with Crippen molar-refractivity contribution < 1.29 is 32.6 Å². The summed E-state index contributed by atoms with van der Waals surface area (Å²) in [5.74, 6) is -1.20. The van der Waals surface area contributed by atoms with Crippen LogP contribution in [0.2, 0.25) is 0 Å². The minimum atomic E-state index is -0.670. The predicted octanol–water partition coefficient (Wildman–Crippen LogP) is 4.13. The van der Waals surface area contributed by atoms with Crippen LogP contribution in [0.3, 0.4) is 0 Å². The van der Waals surface area contributed by atoms with Gasteiger partial charge >= 0.3 is 0 Å². The van der Waals surface area contributed by atoms with E-state index in [-0.39, 0.29) is 30.6 Å². The van der Waals surface area contributed by atoms with Crippen LogP contribution in [0.5, 0.6) is 11.5 Å². The van der Waals surface area contributed by atoms with Crippen LogP contribution in [-0.2, 0) is 9.53 Å². The lowest BCUT2D eigenvalue weighted by molar-refractivity contribution is -0.133. The van der Waals surface area contributed by atoms with Gasteiger partial charge in [-0.1, -0.05) is 30.3 Å². The van der Waals surface area contributed by atoms with Gasteiger partial charge in [0.1, 0.15) is 29.7 Å². The average molecular weight is 593 g/mol. The first-order chi connectivity index (χ1) is 20.9. The average Bonchev–Trinajstić information content (AvgIpc) is 3.48. The zero-order valence-corrected chi connectivity index (χ0v) is 24.2. The summed E-state index contributed by atoms with van der Waals surface area (Å²) >= 11 is 0. The van der Waals surface area contributed by atoms with Crippen molar-refractivity contribution in [2.24, 2.45) is 5.10 Å². The quantitative estimate of drug-likeness (QED) is 0.352. The van der Waals surface area contributed by atoms with Crippen molar-refractivity contribution in [3.8, 4) is 11.5 Å². The molecule has 9 nitrogen and oxygen atoms in total. The Morgan fingerprint density at radius 1 is 0.977 bits per heavy atom. The standard InChI is InChI=1S/C32H34F2N4O5/c1-41-22-11-12-30(42-2)25(19-22)29-20-28(23-7-3-5-9-26(23)33)35-38(29)31(39)21-37(14-13-36-15-17-43-18-16-36)32(40)24-8-4-6-10-27(24)34/h3-12,19,29H,13-18,20-21H2,1-2H3. The molecule has 3 aromatic rings. The molecule has 43 heavy (non-hydrogen) atoms. The third kappa shape index (κ3) is 6.84. The van der Waals surface area contributed by atoms with E-state index in [1.165, 1.54) is 48.4 Å². The molecular weight excluding hydrogens is 558 g/mol. The summed E-state index contributed by atoms with van der Waals surface area (Å²) in [6, 6.07) is 16.5. The van der Waals surface area contributed by atoms with E-state index in [1.54, 1.807) is 42.5 Å². The molecule has 5 rings (SSSR count). The summed E-state index contributed by atoms with van der Waals surface area (Å²) in [5, 5.41) is 5.86. The first-order valence-corrected chi connectivity index (χ1v) is 14.1. The smallest absolute Gasteiger partial charge is 0.262 e. The largest absolute Gasteiger partial charge is 0.497 e. The Kier molecular flexibility index (Phi) is 9.63. The first kappa shape index (κ1) is 30.1. The van der Waals surface area contributed by atoms with E-state index in [9.17, 15) is 18.4 Å². The maximum atomic E-state index is 14.9. The Hall–Kier alpha value is -4.35. The number of nitrogens with zero attached hydrogens (tertiary/aromatic N) is 4. The molecule has 2 aliphatic rings. The van der Waals surface area contributed by atoms with Crippen molar-refractivity contribution in [2.45, 2.75) is 12.5 Å². The number of rotatable bonds is 10. The molecule has 2 aliphatic heterocycles. The van der Waals surface area contributed by atoms with Crippen LogP contribution in [-0.4, -0.2) is 92.5 Å². The molecule has 0 saturated carbocycles. The van der Waals surface area contributed by atoms with Gasteiger partial charge in [-0.15, -0.1) is 0 Å². The number of ether oxygens (including phenoxy) is 3. The van der Waals surface area contributed by atoms with E-state index >= 15 is 0 Å². The second kappa shape index (κ2) is 13.7. The number of hydrazone groups is 1. The Morgan fingerprint density at radius 2 is 1.70 bits per heavy atom. The third-order valence-corrected chi connectivity index (χ3v) is 7.65. The van der Waals surface area contributed by atoms with Crippen LogP contribution in [0.15, 0.2) is 71.8 Å². The summed E-state index contributed by atoms with van der Waals surface area (Å²) in [7, 11) is 3.05. The van der Waals surface area contributed by atoms with Gasteiger partial charge in [0.05, 0.1) is 44.8 Å². The Morgan fingerprint density at radius 3 is 2.40 bits per heavy atom. The van der Waals surface area contributed by atoms with Crippen molar-refractivity contribution in [1.29, 1.82) is 0 Å². The van der Waals surface area contributed by atoms with E-state index in [1.807, 2.05) is 0 Å². The minimum absolute atomic E-state index is 0.125. The molecule has 226 valence electrons. The molecule has 0 spiro atoms. The Labute approximate surface area is 249 Å². The van der Waals surface area contributed by atoms with E-state index in [4.69, 9.17) is 14.2 Å². The van der Waals surface area contributed by atoms with Crippen LogP contribution >= 0.6 is 0 Å². The van der Waals surface area contributed by atoms with Gasteiger partial charge in [-0.3, -0.25) is 14.5 Å². The Bertz CT molecular complexity index is 1490. The highest BCUT2D eigenvalue weighted by molar-refractivity contribution is 6.04. The number of morpholine rings is 1. The highest BCUT2D eigenvalue weighted by Gasteiger charge is 2.37. The van der Waals surface area contributed by atoms with Gasteiger partial charge in [0.25, 0.3) is 11.8 Å². The fourth-order valence-electron chi connectivity index (χ4n) is 5.32. The normalized spacial score (nSPS) is 17.0. The van der Waals surface area contributed by atoms with Crippen molar-refractivity contribution in [1.82, 2.24) is 14.8 Å². The lowest BCUT2D eigenvalue weighted by Gasteiger charge is -2.31. The van der Waals surface area contributed by atoms with Crippen molar-refractivity contribution in [3.05, 3.63) is 95.1 Å². The zero-order valence-electron chi connectivity index (χ0n) is 24.2. The number of carbonyl (C=O) groups is 2. The van der Waals surface area contributed by atoms with Crippen LogP contribution in [0.4, 0.5) is 8.78 Å². The molecule has 1 fully saturated rings. The summed E-state index contributed by atoms with van der Waals surface area (Å²) in [5.41, 5.74) is 1.14. The summed E-state index contributed by atoms with van der Waals surface area (Å²) in [6.07, 6.45) is 0.200. The minimum Gasteiger partial charge on any atom is -0.497 e. The third-order valence-electron chi connectivity index (χ3n) is 7.65. The van der Waals surface area contributed by atoms with Crippen molar-refractivity contribution in [3.63, 3.8) is 0 Å². The van der Waals surface area contributed by atoms with Crippen LogP contribution in [0.25, 0.3) is 0 Å². The maximum absolute atomic E-state index is 14.9. The van der Waals surface area contributed by atoms with E-state index in [0.29, 0.717) is 55.6 Å². The monoisotopic (exact) mass is 592 g/mol. The molecule has 0 N–H and O–H groups in total. The summed E-state index contributed by atoms with van der Waals surface area (Å²) in [6.45, 7) is 2.83. The molecule has 0 radical (unpaired) electrons. The molecule has 1 saturated heterocycles. The van der Waals surface area contributed by atoms with Crippen LogP contribution < -0.4 is 9.47 Å². The molecular formula is C32H34F2N4O5. The molecule has 3 aromatic carbocycles. The zero-order chi connectivity index (χ0) is 30.3. The highest BCUT2D eigenvalue weighted by Crippen LogP contribution is 2.39. The van der Waals surface area contributed by atoms with Gasteiger partial charge in [-0.05, 0) is 36.4 Å².